The van der Waals surface area contributed by atoms with Crippen molar-refractivity contribution < 1.29 is 27.5 Å². The molecule has 2 aliphatic rings. The molecule has 1 aromatic carbocycles. The topological polar surface area (TPSA) is 126 Å². The monoisotopic (exact) mass is 555 g/mol. The van der Waals surface area contributed by atoms with Gasteiger partial charge in [-0.3, -0.25) is 9.69 Å². The zero-order valence-electron chi connectivity index (χ0n) is 20.7. The van der Waals surface area contributed by atoms with Gasteiger partial charge in [0.25, 0.3) is 5.91 Å². The number of hydrogen-bond donors (Lipinski definition) is 3. The van der Waals surface area contributed by atoms with Crippen molar-refractivity contribution in [3.63, 3.8) is 0 Å². The summed E-state index contributed by atoms with van der Waals surface area (Å²) >= 11 is 5.87. The van der Waals surface area contributed by atoms with E-state index in [1.54, 1.807) is 0 Å². The number of carbonyl (C=O) groups excluding carboxylic acids is 2. The number of rotatable bonds is 6. The Morgan fingerprint density at radius 3 is 2.61 bits per heavy atom. The minimum atomic E-state index is -4.59. The summed E-state index contributed by atoms with van der Waals surface area (Å²) in [7, 11) is 1.38. The minimum absolute atomic E-state index is 0.0201. The molecule has 4 rings (SSSR count). The van der Waals surface area contributed by atoms with E-state index >= 15 is 0 Å². The zero-order valence-corrected chi connectivity index (χ0v) is 21.5. The predicted octanol–water partition coefficient (Wildman–Crippen LogP) is 3.65. The average molecular weight is 556 g/mol. The van der Waals surface area contributed by atoms with E-state index in [1.807, 2.05) is 4.90 Å². The summed E-state index contributed by atoms with van der Waals surface area (Å²) in [5.74, 6) is 0.121. The molecule has 0 saturated carbocycles. The lowest BCUT2D eigenvalue weighted by atomic mass is 10.1. The third-order valence-corrected chi connectivity index (χ3v) is 6.75. The van der Waals surface area contributed by atoms with Gasteiger partial charge in [0, 0.05) is 56.1 Å². The van der Waals surface area contributed by atoms with Gasteiger partial charge in [-0.2, -0.15) is 13.2 Å². The number of anilines is 3. The minimum Gasteiger partial charge on any atom is -0.381 e. The second-order valence-corrected chi connectivity index (χ2v) is 9.75. The largest absolute Gasteiger partial charge is 0.416 e. The van der Waals surface area contributed by atoms with Crippen LogP contribution in [-0.2, 0) is 10.9 Å². The molecule has 10 nitrogen and oxygen atoms in total. The van der Waals surface area contributed by atoms with Crippen LogP contribution in [0.25, 0.3) is 0 Å². The van der Waals surface area contributed by atoms with Crippen molar-refractivity contribution >= 4 is 40.9 Å². The second-order valence-electron chi connectivity index (χ2n) is 9.31. The van der Waals surface area contributed by atoms with Crippen molar-refractivity contribution in [2.45, 2.75) is 43.9 Å². The molecule has 14 heteroatoms. The first-order valence-electron chi connectivity index (χ1n) is 12.2. The molecular formula is C24H29ClF3N7O3. The number of alkyl halides is 3. The second kappa shape index (κ2) is 11.6. The Labute approximate surface area is 222 Å². The SMILES string of the molecule is CN(C(=O)N[C@@H]1CCCN(c2cnc(C(N)=O)c(NC3CCOCC3)n2)C1)c1cc(Cl)cc(C(F)(F)F)c1. The first-order chi connectivity index (χ1) is 18.0. The van der Waals surface area contributed by atoms with Gasteiger partial charge in [-0.05, 0) is 43.9 Å². The number of nitrogens with two attached hydrogens (primary N) is 1. The third-order valence-electron chi connectivity index (χ3n) is 6.53. The highest BCUT2D eigenvalue weighted by molar-refractivity contribution is 6.31. The van der Waals surface area contributed by atoms with Crippen molar-refractivity contribution in [3.8, 4) is 0 Å². The van der Waals surface area contributed by atoms with Gasteiger partial charge in [-0.15, -0.1) is 0 Å². The molecule has 0 radical (unpaired) electrons. The quantitative estimate of drug-likeness (QED) is 0.497. The molecule has 2 saturated heterocycles. The summed E-state index contributed by atoms with van der Waals surface area (Å²) in [6.07, 6.45) is -0.217. The van der Waals surface area contributed by atoms with E-state index in [4.69, 9.17) is 22.1 Å². The molecule has 0 spiro atoms. The van der Waals surface area contributed by atoms with Gasteiger partial charge < -0.3 is 26.0 Å². The van der Waals surface area contributed by atoms with Gasteiger partial charge in [-0.25, -0.2) is 14.8 Å². The zero-order chi connectivity index (χ0) is 27.4. The molecular weight excluding hydrogens is 527 g/mol. The van der Waals surface area contributed by atoms with Gasteiger partial charge in [-0.1, -0.05) is 11.6 Å². The molecule has 2 aliphatic heterocycles. The Morgan fingerprint density at radius 2 is 1.92 bits per heavy atom. The lowest BCUT2D eigenvalue weighted by Gasteiger charge is -2.35. The van der Waals surface area contributed by atoms with Gasteiger partial charge in [0.05, 0.1) is 11.8 Å². The lowest BCUT2D eigenvalue weighted by Crippen LogP contribution is -2.51. The molecule has 4 N–H and O–H groups in total. The standard InChI is InChI=1S/C24H29ClF3N7O3/c1-34(18-10-14(24(26,27)28)9-15(25)11-18)23(37)32-17-3-2-6-35(13-17)19-12-30-20(21(29)36)22(33-19)31-16-4-7-38-8-5-16/h9-12,16-17H,2-8,13H2,1H3,(H2,29,36)(H,31,33)(H,32,37)/t17-/m1/s1. The number of primary amides is 1. The molecule has 2 fully saturated rings. The van der Waals surface area contributed by atoms with Crippen LogP contribution in [0.4, 0.5) is 35.3 Å². The smallest absolute Gasteiger partial charge is 0.381 e. The molecule has 2 aromatic rings. The molecule has 3 amide bonds. The molecule has 0 bridgehead atoms. The first kappa shape index (κ1) is 27.7. The average Bonchev–Trinajstić information content (AvgIpc) is 2.88. The molecule has 1 aromatic heterocycles. The highest BCUT2D eigenvalue weighted by Crippen LogP contribution is 2.34. The van der Waals surface area contributed by atoms with Gasteiger partial charge in [0.1, 0.15) is 5.82 Å². The maximum Gasteiger partial charge on any atom is 0.416 e. The summed E-state index contributed by atoms with van der Waals surface area (Å²) in [4.78, 5) is 36.7. The highest BCUT2D eigenvalue weighted by Gasteiger charge is 2.32. The Kier molecular flexibility index (Phi) is 8.46. The van der Waals surface area contributed by atoms with Crippen LogP contribution in [0.15, 0.2) is 24.4 Å². The fourth-order valence-electron chi connectivity index (χ4n) is 4.47. The van der Waals surface area contributed by atoms with Crippen molar-refractivity contribution in [2.24, 2.45) is 5.73 Å². The van der Waals surface area contributed by atoms with E-state index in [0.29, 0.717) is 44.4 Å². The van der Waals surface area contributed by atoms with E-state index in [9.17, 15) is 22.8 Å². The fraction of sp³-hybridized carbons (Fsp3) is 0.500. The number of hydrogen-bond acceptors (Lipinski definition) is 7. The van der Waals surface area contributed by atoms with Crippen LogP contribution in [-0.4, -0.2) is 67.3 Å². The fourth-order valence-corrected chi connectivity index (χ4v) is 4.70. The Hall–Kier alpha value is -3.32. The summed E-state index contributed by atoms with van der Waals surface area (Å²) in [5.41, 5.74) is 4.63. The lowest BCUT2D eigenvalue weighted by molar-refractivity contribution is -0.137. The number of urea groups is 1. The van der Waals surface area contributed by atoms with E-state index in [2.05, 4.69) is 20.6 Å². The predicted molar refractivity (Wildman–Crippen MR) is 137 cm³/mol. The van der Waals surface area contributed by atoms with Gasteiger partial charge in [0.15, 0.2) is 11.5 Å². The molecule has 3 heterocycles. The summed E-state index contributed by atoms with van der Waals surface area (Å²) in [5, 5.41) is 6.01. The molecule has 0 unspecified atom stereocenters. The van der Waals surface area contributed by atoms with E-state index in [0.717, 1.165) is 36.3 Å². The Morgan fingerprint density at radius 1 is 1.18 bits per heavy atom. The molecule has 206 valence electrons. The number of ether oxygens (including phenoxy) is 1. The van der Waals surface area contributed by atoms with Crippen LogP contribution >= 0.6 is 11.6 Å². The van der Waals surface area contributed by atoms with Crippen LogP contribution in [0, 0.1) is 0 Å². The number of amides is 3. The van der Waals surface area contributed by atoms with Crippen LogP contribution in [0.2, 0.25) is 5.02 Å². The van der Waals surface area contributed by atoms with Crippen molar-refractivity contribution in [2.75, 3.05) is 48.5 Å². The highest BCUT2D eigenvalue weighted by atomic mass is 35.5. The van der Waals surface area contributed by atoms with Crippen molar-refractivity contribution in [1.29, 1.82) is 0 Å². The summed E-state index contributed by atoms with van der Waals surface area (Å²) in [6.45, 7) is 2.24. The number of halogens is 4. The van der Waals surface area contributed by atoms with E-state index in [1.165, 1.54) is 19.3 Å². The maximum atomic E-state index is 13.2. The number of benzene rings is 1. The van der Waals surface area contributed by atoms with Crippen LogP contribution in [0.1, 0.15) is 41.7 Å². The summed E-state index contributed by atoms with van der Waals surface area (Å²) < 4.78 is 44.9. The number of aromatic nitrogens is 2. The Balaban J connectivity index is 1.45. The van der Waals surface area contributed by atoms with Crippen LogP contribution in [0.3, 0.4) is 0 Å². The molecule has 1 atom stereocenters. The number of nitrogens with zero attached hydrogens (tertiary/aromatic N) is 4. The molecule has 38 heavy (non-hydrogen) atoms. The Bertz CT molecular complexity index is 1180. The third kappa shape index (κ3) is 6.76. The summed E-state index contributed by atoms with van der Waals surface area (Å²) in [6, 6.07) is 2.19. The number of carbonyl (C=O) groups is 2. The van der Waals surface area contributed by atoms with Crippen molar-refractivity contribution in [1.82, 2.24) is 15.3 Å². The normalized spacial score (nSPS) is 18.7. The van der Waals surface area contributed by atoms with Crippen molar-refractivity contribution in [3.05, 3.63) is 40.7 Å². The first-order valence-corrected chi connectivity index (χ1v) is 12.6. The number of piperidine rings is 1. The number of nitrogens with one attached hydrogen (secondary N) is 2. The van der Waals surface area contributed by atoms with Gasteiger partial charge in [0.2, 0.25) is 0 Å². The molecule has 0 aliphatic carbocycles. The van der Waals surface area contributed by atoms with Crippen LogP contribution < -0.4 is 26.2 Å². The van der Waals surface area contributed by atoms with E-state index in [-0.39, 0.29) is 28.5 Å². The van der Waals surface area contributed by atoms with Gasteiger partial charge >= 0.3 is 12.2 Å². The van der Waals surface area contributed by atoms with E-state index < -0.39 is 23.7 Å². The maximum absolute atomic E-state index is 13.2. The van der Waals surface area contributed by atoms with Crippen LogP contribution in [0.5, 0.6) is 0 Å².